The molecule has 0 spiro atoms. The first-order valence-corrected chi connectivity index (χ1v) is 11.1. The standard InChI is InChI=1S/C23H26N4O2S/c24-21(25-15-16-8-3-1-4-9-16)20-22(28)27-30-23(20)26-17-10-7-13-19(14-17)29-18-11-5-2-6-12-18/h2,5-7,10-14,16,26H,1,3-4,8-9,15H2,(H2,24,25)(H,27,28). The molecule has 2 aromatic carbocycles. The van der Waals surface area contributed by atoms with Gasteiger partial charge in [-0.2, -0.15) is 4.37 Å². The molecule has 3 aromatic rings. The maximum absolute atomic E-state index is 10.2. The number of nitrogens with zero attached hydrogens (tertiary/aromatic N) is 1. The lowest BCUT2D eigenvalue weighted by molar-refractivity contribution is 0.356. The minimum Gasteiger partial charge on any atom is -0.492 e. The van der Waals surface area contributed by atoms with Crippen LogP contribution in [0.3, 0.4) is 0 Å². The minimum atomic E-state index is -0.125. The first kappa shape index (κ1) is 20.2. The van der Waals surface area contributed by atoms with Crippen molar-refractivity contribution in [3.63, 3.8) is 0 Å². The first-order valence-electron chi connectivity index (χ1n) is 10.3. The zero-order chi connectivity index (χ0) is 20.8. The van der Waals surface area contributed by atoms with E-state index in [4.69, 9.17) is 10.1 Å². The van der Waals surface area contributed by atoms with Crippen LogP contribution >= 0.6 is 11.5 Å². The molecule has 4 N–H and O–H groups in total. The van der Waals surface area contributed by atoms with Crippen LogP contribution in [-0.2, 0) is 0 Å². The molecule has 1 aliphatic rings. The van der Waals surface area contributed by atoms with Crippen LogP contribution in [0.25, 0.3) is 0 Å². The van der Waals surface area contributed by atoms with Gasteiger partial charge in [0.25, 0.3) is 0 Å². The van der Waals surface area contributed by atoms with E-state index in [-0.39, 0.29) is 11.7 Å². The zero-order valence-corrected chi connectivity index (χ0v) is 17.5. The van der Waals surface area contributed by atoms with Crippen molar-refractivity contribution in [3.8, 4) is 17.4 Å². The number of aromatic nitrogens is 1. The highest BCUT2D eigenvalue weighted by Gasteiger charge is 2.20. The fraction of sp³-hybridized carbons (Fsp3) is 0.304. The van der Waals surface area contributed by atoms with E-state index < -0.39 is 0 Å². The molecule has 0 bridgehead atoms. The summed E-state index contributed by atoms with van der Waals surface area (Å²) in [6.07, 6.45) is 6.24. The number of rotatable bonds is 7. The Hall–Kier alpha value is -3.06. The summed E-state index contributed by atoms with van der Waals surface area (Å²) in [5.74, 6) is 2.13. The third-order valence-corrected chi connectivity index (χ3v) is 6.04. The van der Waals surface area contributed by atoms with Gasteiger partial charge in [0.15, 0.2) is 0 Å². The maximum Gasteiger partial charge on any atom is 0.236 e. The van der Waals surface area contributed by atoms with E-state index in [0.29, 0.717) is 22.2 Å². The van der Waals surface area contributed by atoms with Crippen molar-refractivity contribution in [2.45, 2.75) is 32.1 Å². The SMILES string of the molecule is N=C(NCC1CCCCC1)c1c(O)nsc1Nc1cccc(Oc2ccccc2)c1. The summed E-state index contributed by atoms with van der Waals surface area (Å²) in [5, 5.41) is 25.7. The summed E-state index contributed by atoms with van der Waals surface area (Å²) >= 11 is 1.14. The number of hydrogen-bond donors (Lipinski definition) is 4. The molecule has 4 rings (SSSR count). The Kier molecular flexibility index (Phi) is 6.49. The maximum atomic E-state index is 10.2. The molecule has 6 nitrogen and oxygen atoms in total. The second kappa shape index (κ2) is 9.63. The van der Waals surface area contributed by atoms with E-state index in [2.05, 4.69) is 15.0 Å². The number of ether oxygens (including phenoxy) is 1. The van der Waals surface area contributed by atoms with E-state index in [0.717, 1.165) is 29.5 Å². The number of para-hydroxylation sites is 1. The van der Waals surface area contributed by atoms with Crippen molar-refractivity contribution in [1.29, 1.82) is 5.41 Å². The largest absolute Gasteiger partial charge is 0.492 e. The number of hydrogen-bond acceptors (Lipinski definition) is 6. The molecule has 1 saturated carbocycles. The molecule has 1 heterocycles. The van der Waals surface area contributed by atoms with Crippen LogP contribution in [0.1, 0.15) is 37.7 Å². The molecule has 7 heteroatoms. The topological polar surface area (TPSA) is 90.3 Å². The predicted molar refractivity (Wildman–Crippen MR) is 121 cm³/mol. The third-order valence-electron chi connectivity index (χ3n) is 5.29. The summed E-state index contributed by atoms with van der Waals surface area (Å²) < 4.78 is 9.93. The van der Waals surface area contributed by atoms with Gasteiger partial charge in [-0.3, -0.25) is 5.41 Å². The van der Waals surface area contributed by atoms with Gasteiger partial charge in [-0.15, -0.1) is 0 Å². The Morgan fingerprint density at radius 1 is 1.07 bits per heavy atom. The van der Waals surface area contributed by atoms with Crippen LogP contribution in [0, 0.1) is 11.3 Å². The van der Waals surface area contributed by atoms with E-state index in [1.807, 2.05) is 54.6 Å². The minimum absolute atomic E-state index is 0.125. The molecule has 30 heavy (non-hydrogen) atoms. The number of anilines is 2. The molecule has 0 amide bonds. The van der Waals surface area contributed by atoms with Gasteiger partial charge in [-0.1, -0.05) is 43.5 Å². The van der Waals surface area contributed by atoms with Crippen molar-refractivity contribution in [2.75, 3.05) is 11.9 Å². The average molecular weight is 423 g/mol. The summed E-state index contributed by atoms with van der Waals surface area (Å²) in [5.41, 5.74) is 1.21. The normalized spacial score (nSPS) is 14.3. The summed E-state index contributed by atoms with van der Waals surface area (Å²) in [4.78, 5) is 0. The summed E-state index contributed by atoms with van der Waals surface area (Å²) in [7, 11) is 0. The fourth-order valence-corrected chi connectivity index (χ4v) is 4.43. The number of amidine groups is 1. The predicted octanol–water partition coefficient (Wildman–Crippen LogP) is 5.88. The van der Waals surface area contributed by atoms with Gasteiger partial charge in [0.05, 0.1) is 0 Å². The van der Waals surface area contributed by atoms with E-state index >= 15 is 0 Å². The van der Waals surface area contributed by atoms with Crippen LogP contribution in [-0.4, -0.2) is 21.9 Å². The molecule has 1 aromatic heterocycles. The molecule has 0 saturated heterocycles. The van der Waals surface area contributed by atoms with E-state index in [1.54, 1.807) is 0 Å². The second-order valence-corrected chi connectivity index (χ2v) is 8.31. The Morgan fingerprint density at radius 2 is 1.83 bits per heavy atom. The van der Waals surface area contributed by atoms with Gasteiger partial charge in [0, 0.05) is 18.3 Å². The lowest BCUT2D eigenvalue weighted by Gasteiger charge is -2.22. The van der Waals surface area contributed by atoms with Gasteiger partial charge in [-0.05, 0) is 54.6 Å². The quantitative estimate of drug-likeness (QED) is 0.282. The van der Waals surface area contributed by atoms with Crippen molar-refractivity contribution in [1.82, 2.24) is 9.69 Å². The van der Waals surface area contributed by atoms with E-state index in [9.17, 15) is 5.11 Å². The molecule has 0 radical (unpaired) electrons. The lowest BCUT2D eigenvalue weighted by Crippen LogP contribution is -2.30. The van der Waals surface area contributed by atoms with Crippen molar-refractivity contribution in [2.24, 2.45) is 5.92 Å². The lowest BCUT2D eigenvalue weighted by atomic mass is 9.89. The Morgan fingerprint density at radius 3 is 2.63 bits per heavy atom. The fourth-order valence-electron chi connectivity index (χ4n) is 3.71. The molecule has 1 aliphatic carbocycles. The second-order valence-electron chi connectivity index (χ2n) is 7.54. The summed E-state index contributed by atoms with van der Waals surface area (Å²) in [6, 6.07) is 17.2. The third kappa shape index (κ3) is 5.10. The molecule has 0 aliphatic heterocycles. The molecule has 156 valence electrons. The van der Waals surface area contributed by atoms with Crippen LogP contribution in [0.5, 0.6) is 17.4 Å². The van der Waals surface area contributed by atoms with Crippen LogP contribution in [0.4, 0.5) is 10.7 Å². The van der Waals surface area contributed by atoms with Crippen molar-refractivity contribution >= 4 is 28.1 Å². The Balaban J connectivity index is 1.44. The first-order chi connectivity index (χ1) is 14.7. The van der Waals surface area contributed by atoms with Gasteiger partial charge in [-0.25, -0.2) is 0 Å². The van der Waals surface area contributed by atoms with Gasteiger partial charge >= 0.3 is 0 Å². The monoisotopic (exact) mass is 422 g/mol. The molecule has 0 unspecified atom stereocenters. The number of aromatic hydroxyl groups is 1. The zero-order valence-electron chi connectivity index (χ0n) is 16.7. The number of nitrogens with one attached hydrogen (secondary N) is 3. The average Bonchev–Trinajstić information content (AvgIpc) is 3.14. The molecule has 0 atom stereocenters. The Bertz CT molecular complexity index is 984. The van der Waals surface area contributed by atoms with Crippen molar-refractivity contribution in [3.05, 3.63) is 60.2 Å². The molecular weight excluding hydrogens is 396 g/mol. The smallest absolute Gasteiger partial charge is 0.236 e. The van der Waals surface area contributed by atoms with Gasteiger partial charge in [0.2, 0.25) is 5.88 Å². The van der Waals surface area contributed by atoms with E-state index in [1.165, 1.54) is 32.1 Å². The van der Waals surface area contributed by atoms with Gasteiger partial charge in [0.1, 0.15) is 27.9 Å². The summed E-state index contributed by atoms with van der Waals surface area (Å²) in [6.45, 7) is 0.758. The van der Waals surface area contributed by atoms with Crippen LogP contribution in [0.2, 0.25) is 0 Å². The highest BCUT2D eigenvalue weighted by molar-refractivity contribution is 7.11. The Labute approximate surface area is 180 Å². The van der Waals surface area contributed by atoms with Crippen molar-refractivity contribution < 1.29 is 9.84 Å². The highest BCUT2D eigenvalue weighted by atomic mass is 32.1. The highest BCUT2D eigenvalue weighted by Crippen LogP contribution is 2.33. The molecule has 1 fully saturated rings. The van der Waals surface area contributed by atoms with Crippen LogP contribution in [0.15, 0.2) is 54.6 Å². The number of benzene rings is 2. The van der Waals surface area contributed by atoms with Crippen LogP contribution < -0.4 is 15.4 Å². The molecular formula is C23H26N4O2S. The van der Waals surface area contributed by atoms with Gasteiger partial charge < -0.3 is 20.5 Å².